The molecule has 0 fully saturated rings. The van der Waals surface area contributed by atoms with Crippen LogP contribution in [0.25, 0.3) is 0 Å². The Balaban J connectivity index is 1.81. The van der Waals surface area contributed by atoms with E-state index in [1.165, 1.54) is 17.8 Å². The van der Waals surface area contributed by atoms with E-state index in [9.17, 15) is 9.18 Å². The molecule has 1 N–H and O–H groups in total. The van der Waals surface area contributed by atoms with Crippen molar-refractivity contribution in [2.24, 2.45) is 0 Å². The van der Waals surface area contributed by atoms with Gasteiger partial charge in [0, 0.05) is 22.0 Å². The highest BCUT2D eigenvalue weighted by Crippen LogP contribution is 2.24. The molecule has 0 atom stereocenters. The zero-order chi connectivity index (χ0) is 17.5. The van der Waals surface area contributed by atoms with Crippen molar-refractivity contribution in [1.82, 2.24) is 0 Å². The summed E-state index contributed by atoms with van der Waals surface area (Å²) in [5.41, 5.74) is 1.12. The molecule has 0 aliphatic carbocycles. The second kappa shape index (κ2) is 8.94. The third-order valence-electron chi connectivity index (χ3n) is 3.05. The number of amides is 1. The molecule has 0 saturated carbocycles. The fraction of sp³-hybridized carbons (Fsp3) is 0.278. The number of benzene rings is 2. The zero-order valence-electron chi connectivity index (χ0n) is 13.5. The largest absolute Gasteiger partial charge is 0.491 e. The van der Waals surface area contributed by atoms with Crippen LogP contribution < -0.4 is 10.1 Å². The number of carbonyl (C=O) groups excluding carboxylic acids is 1. The van der Waals surface area contributed by atoms with E-state index < -0.39 is 0 Å². The van der Waals surface area contributed by atoms with Gasteiger partial charge in [0.25, 0.3) is 0 Å². The maximum atomic E-state index is 13.6. The molecule has 0 bridgehead atoms. The third-order valence-corrected chi connectivity index (χ3v) is 4.36. The van der Waals surface area contributed by atoms with Crippen LogP contribution in [0.3, 0.4) is 0 Å². The fourth-order valence-electron chi connectivity index (χ4n) is 2.00. The van der Waals surface area contributed by atoms with Crippen LogP contribution in [-0.4, -0.2) is 17.8 Å². The molecule has 2 aromatic rings. The summed E-state index contributed by atoms with van der Waals surface area (Å²) in [6.45, 7) is 3.91. The molecule has 1 amide bonds. The lowest BCUT2D eigenvalue weighted by Gasteiger charge is -2.10. The predicted octanol–water partition coefficient (Wildman–Crippen LogP) is 5.14. The first-order valence-corrected chi connectivity index (χ1v) is 9.06. The highest BCUT2D eigenvalue weighted by Gasteiger charge is 2.09. The number of ether oxygens (including phenoxy) is 1. The minimum absolute atomic E-state index is 0.104. The number of halogens is 2. The van der Waals surface area contributed by atoms with Crippen LogP contribution in [0.1, 0.15) is 19.4 Å². The van der Waals surface area contributed by atoms with Gasteiger partial charge in [-0.2, -0.15) is 0 Å². The van der Waals surface area contributed by atoms with Crippen LogP contribution >= 0.6 is 23.4 Å². The van der Waals surface area contributed by atoms with Crippen molar-refractivity contribution < 1.29 is 13.9 Å². The van der Waals surface area contributed by atoms with Gasteiger partial charge >= 0.3 is 0 Å². The van der Waals surface area contributed by atoms with Gasteiger partial charge in [0.15, 0.2) is 0 Å². The zero-order valence-corrected chi connectivity index (χ0v) is 15.1. The maximum Gasteiger partial charge on any atom is 0.234 e. The number of hydrogen-bond donors (Lipinski definition) is 1. The molecule has 24 heavy (non-hydrogen) atoms. The van der Waals surface area contributed by atoms with E-state index in [0.29, 0.717) is 22.0 Å². The van der Waals surface area contributed by atoms with Crippen molar-refractivity contribution in [3.8, 4) is 5.75 Å². The Kier molecular flexibility index (Phi) is 6.94. The van der Waals surface area contributed by atoms with Gasteiger partial charge in [-0.15, -0.1) is 11.8 Å². The number of thioether (sulfide) groups is 1. The first kappa shape index (κ1) is 18.6. The number of rotatable bonds is 7. The molecule has 6 heteroatoms. The lowest BCUT2D eigenvalue weighted by atomic mass is 10.2. The average molecular weight is 368 g/mol. The molecule has 0 aromatic heterocycles. The minimum Gasteiger partial charge on any atom is -0.491 e. The molecule has 0 heterocycles. The van der Waals surface area contributed by atoms with E-state index in [-0.39, 0.29) is 23.6 Å². The van der Waals surface area contributed by atoms with Crippen molar-refractivity contribution in [2.75, 3.05) is 11.1 Å². The molecule has 0 spiro atoms. The van der Waals surface area contributed by atoms with Crippen LogP contribution in [0.4, 0.5) is 10.1 Å². The molecule has 0 radical (unpaired) electrons. The number of anilines is 1. The van der Waals surface area contributed by atoms with Crippen LogP contribution in [0.2, 0.25) is 5.02 Å². The van der Waals surface area contributed by atoms with Crippen molar-refractivity contribution in [2.45, 2.75) is 25.7 Å². The summed E-state index contributed by atoms with van der Waals surface area (Å²) in [6, 6.07) is 11.8. The normalized spacial score (nSPS) is 10.7. The molecule has 0 saturated heterocycles. The molecule has 128 valence electrons. The second-order valence-electron chi connectivity index (χ2n) is 5.43. The summed E-state index contributed by atoms with van der Waals surface area (Å²) in [6.07, 6.45) is 0.104. The summed E-state index contributed by atoms with van der Waals surface area (Å²) in [4.78, 5) is 11.9. The topological polar surface area (TPSA) is 38.3 Å². The predicted molar refractivity (Wildman–Crippen MR) is 98.4 cm³/mol. The van der Waals surface area contributed by atoms with Gasteiger partial charge in [0.1, 0.15) is 11.6 Å². The first-order valence-electron chi connectivity index (χ1n) is 7.53. The molecule has 3 nitrogen and oxygen atoms in total. The van der Waals surface area contributed by atoms with Crippen LogP contribution in [0, 0.1) is 5.82 Å². The van der Waals surface area contributed by atoms with Gasteiger partial charge in [-0.05, 0) is 50.2 Å². The van der Waals surface area contributed by atoms with Crippen molar-refractivity contribution >= 4 is 35.0 Å². The van der Waals surface area contributed by atoms with Crippen LogP contribution in [0.15, 0.2) is 42.5 Å². The molecular weight excluding hydrogens is 349 g/mol. The quantitative estimate of drug-likeness (QED) is 0.736. The summed E-state index contributed by atoms with van der Waals surface area (Å²) >= 11 is 7.27. The Morgan fingerprint density at radius 1 is 1.25 bits per heavy atom. The Labute approximate surface area is 150 Å². The lowest BCUT2D eigenvalue weighted by Crippen LogP contribution is -2.14. The Bertz CT molecular complexity index is 672. The molecule has 0 unspecified atom stereocenters. The Hall–Kier alpha value is -1.72. The fourth-order valence-corrected chi connectivity index (χ4v) is 3.17. The number of hydrogen-bond acceptors (Lipinski definition) is 3. The Morgan fingerprint density at radius 3 is 2.58 bits per heavy atom. The monoisotopic (exact) mass is 367 g/mol. The van der Waals surface area contributed by atoms with E-state index in [1.807, 2.05) is 26.0 Å². The van der Waals surface area contributed by atoms with Gasteiger partial charge in [0.05, 0.1) is 11.9 Å². The van der Waals surface area contributed by atoms with Crippen molar-refractivity contribution in [1.29, 1.82) is 0 Å². The third kappa shape index (κ3) is 5.73. The van der Waals surface area contributed by atoms with Gasteiger partial charge in [-0.1, -0.05) is 17.7 Å². The number of nitrogens with one attached hydrogen (secondary N) is 1. The molecule has 0 aliphatic heterocycles. The smallest absolute Gasteiger partial charge is 0.234 e. The maximum absolute atomic E-state index is 13.6. The van der Waals surface area contributed by atoms with Crippen LogP contribution in [0.5, 0.6) is 5.75 Å². The van der Waals surface area contributed by atoms with E-state index in [0.717, 1.165) is 5.75 Å². The molecule has 2 aromatic carbocycles. The SMILES string of the molecule is CC(C)Oc1ccc(NC(=O)CSCc2c(F)cccc2Cl)cc1. The van der Waals surface area contributed by atoms with E-state index in [1.54, 1.807) is 24.3 Å². The average Bonchev–Trinajstić information content (AvgIpc) is 2.52. The summed E-state index contributed by atoms with van der Waals surface area (Å²) in [5, 5.41) is 3.17. The number of carbonyl (C=O) groups is 1. The van der Waals surface area contributed by atoms with E-state index >= 15 is 0 Å². The van der Waals surface area contributed by atoms with Crippen LogP contribution in [-0.2, 0) is 10.5 Å². The van der Waals surface area contributed by atoms with Crippen molar-refractivity contribution in [3.05, 3.63) is 58.9 Å². The highest BCUT2D eigenvalue weighted by molar-refractivity contribution is 7.99. The standard InChI is InChI=1S/C18H19ClFNO2S/c1-12(2)23-14-8-6-13(7-9-14)21-18(22)11-24-10-15-16(19)4-3-5-17(15)20/h3-9,12H,10-11H2,1-2H3,(H,21,22). The van der Waals surface area contributed by atoms with Gasteiger partial charge in [-0.3, -0.25) is 4.79 Å². The molecule has 0 aliphatic rings. The lowest BCUT2D eigenvalue weighted by molar-refractivity contribution is -0.113. The van der Waals surface area contributed by atoms with Gasteiger partial charge in [0.2, 0.25) is 5.91 Å². The highest BCUT2D eigenvalue weighted by atomic mass is 35.5. The van der Waals surface area contributed by atoms with Crippen molar-refractivity contribution in [3.63, 3.8) is 0 Å². The van der Waals surface area contributed by atoms with Gasteiger partial charge < -0.3 is 10.1 Å². The summed E-state index contributed by atoms with van der Waals surface area (Å²) < 4.78 is 19.2. The van der Waals surface area contributed by atoms with E-state index in [2.05, 4.69) is 5.32 Å². The first-order chi connectivity index (χ1) is 11.5. The van der Waals surface area contributed by atoms with E-state index in [4.69, 9.17) is 16.3 Å². The molecular formula is C18H19ClFNO2S. The summed E-state index contributed by atoms with van der Waals surface area (Å²) in [5.74, 6) is 0.822. The minimum atomic E-state index is -0.351. The Morgan fingerprint density at radius 2 is 1.96 bits per heavy atom. The van der Waals surface area contributed by atoms with Gasteiger partial charge in [-0.25, -0.2) is 4.39 Å². The molecule has 2 rings (SSSR count). The summed E-state index contributed by atoms with van der Waals surface area (Å²) in [7, 11) is 0. The second-order valence-corrected chi connectivity index (χ2v) is 6.82.